The van der Waals surface area contributed by atoms with Crippen molar-refractivity contribution in [1.82, 2.24) is 10.2 Å². The Bertz CT molecular complexity index is 730. The SMILES string of the molecule is CC(C)(C)CCNC(=O)c1ccc2c(c1)C(=O)N(CC1CCCO1)C2=O. The zero-order valence-electron chi connectivity index (χ0n) is 15.6. The third kappa shape index (κ3) is 3.96. The van der Waals surface area contributed by atoms with Gasteiger partial charge in [0.05, 0.1) is 23.8 Å². The smallest absolute Gasteiger partial charge is 0.261 e. The van der Waals surface area contributed by atoms with E-state index in [9.17, 15) is 14.4 Å². The van der Waals surface area contributed by atoms with E-state index in [1.165, 1.54) is 11.0 Å². The maximum absolute atomic E-state index is 12.6. The summed E-state index contributed by atoms with van der Waals surface area (Å²) in [5, 5.41) is 2.87. The quantitative estimate of drug-likeness (QED) is 0.821. The Balaban J connectivity index is 1.69. The highest BCUT2D eigenvalue weighted by Crippen LogP contribution is 2.26. The lowest BCUT2D eigenvalue weighted by molar-refractivity contribution is 0.0475. The Hall–Kier alpha value is -2.21. The zero-order chi connectivity index (χ0) is 18.9. The van der Waals surface area contributed by atoms with Crippen LogP contribution in [0.5, 0.6) is 0 Å². The van der Waals surface area contributed by atoms with Crippen LogP contribution in [0.1, 0.15) is 71.1 Å². The molecule has 1 aromatic carbocycles. The normalized spacial score (nSPS) is 19.8. The number of carbonyl (C=O) groups excluding carboxylic acids is 3. The summed E-state index contributed by atoms with van der Waals surface area (Å²) >= 11 is 0. The molecule has 6 heteroatoms. The van der Waals surface area contributed by atoms with Crippen molar-refractivity contribution in [2.24, 2.45) is 5.41 Å². The number of rotatable bonds is 5. The van der Waals surface area contributed by atoms with E-state index in [1.54, 1.807) is 12.1 Å². The third-order valence-electron chi connectivity index (χ3n) is 4.80. The van der Waals surface area contributed by atoms with Gasteiger partial charge in [0.2, 0.25) is 0 Å². The zero-order valence-corrected chi connectivity index (χ0v) is 15.6. The van der Waals surface area contributed by atoms with Crippen LogP contribution in [0, 0.1) is 5.41 Å². The van der Waals surface area contributed by atoms with Crippen molar-refractivity contribution in [2.75, 3.05) is 19.7 Å². The standard InChI is InChI=1S/C20H26N2O4/c1-20(2,3)8-9-21-17(23)13-6-7-15-16(11-13)19(25)22(18(15)24)12-14-5-4-10-26-14/h6-7,11,14H,4-5,8-10,12H2,1-3H3,(H,21,23). The molecule has 0 saturated carbocycles. The minimum atomic E-state index is -0.343. The molecule has 1 fully saturated rings. The van der Waals surface area contributed by atoms with E-state index in [0.29, 0.717) is 29.8 Å². The molecular formula is C20H26N2O4. The number of nitrogens with zero attached hydrogens (tertiary/aromatic N) is 1. The van der Waals surface area contributed by atoms with E-state index in [0.717, 1.165) is 19.3 Å². The molecule has 1 unspecified atom stereocenters. The molecule has 3 amide bonds. The van der Waals surface area contributed by atoms with Gasteiger partial charge in [-0.25, -0.2) is 0 Å². The molecule has 1 aromatic rings. The first kappa shape index (κ1) is 18.6. The van der Waals surface area contributed by atoms with Gasteiger partial charge in [0.15, 0.2) is 0 Å². The fraction of sp³-hybridized carbons (Fsp3) is 0.550. The van der Waals surface area contributed by atoms with Gasteiger partial charge in [-0.2, -0.15) is 0 Å². The summed E-state index contributed by atoms with van der Waals surface area (Å²) in [7, 11) is 0. The van der Waals surface area contributed by atoms with Crippen LogP contribution in [-0.2, 0) is 4.74 Å². The lowest BCUT2D eigenvalue weighted by Crippen LogP contribution is -2.36. The number of nitrogens with one attached hydrogen (secondary N) is 1. The van der Waals surface area contributed by atoms with Crippen LogP contribution in [0.25, 0.3) is 0 Å². The first-order valence-corrected chi connectivity index (χ1v) is 9.16. The summed E-state index contributed by atoms with van der Waals surface area (Å²) in [6.45, 7) is 7.86. The van der Waals surface area contributed by atoms with Crippen molar-refractivity contribution in [2.45, 2.75) is 46.1 Å². The second-order valence-corrected chi connectivity index (χ2v) is 8.18. The van der Waals surface area contributed by atoms with Crippen LogP contribution in [0.2, 0.25) is 0 Å². The molecule has 2 aliphatic heterocycles. The van der Waals surface area contributed by atoms with Crippen LogP contribution >= 0.6 is 0 Å². The summed E-state index contributed by atoms with van der Waals surface area (Å²) in [6, 6.07) is 4.70. The first-order valence-electron chi connectivity index (χ1n) is 9.16. The van der Waals surface area contributed by atoms with Gasteiger partial charge in [-0.1, -0.05) is 20.8 Å². The van der Waals surface area contributed by atoms with Crippen LogP contribution in [0.15, 0.2) is 18.2 Å². The molecule has 2 heterocycles. The van der Waals surface area contributed by atoms with Gasteiger partial charge in [0.25, 0.3) is 17.7 Å². The Labute approximate surface area is 153 Å². The molecular weight excluding hydrogens is 332 g/mol. The summed E-state index contributed by atoms with van der Waals surface area (Å²) in [6.07, 6.45) is 2.58. The average Bonchev–Trinajstić information content (AvgIpc) is 3.17. The summed E-state index contributed by atoms with van der Waals surface area (Å²) < 4.78 is 5.53. The van der Waals surface area contributed by atoms with E-state index >= 15 is 0 Å². The molecule has 6 nitrogen and oxygen atoms in total. The second-order valence-electron chi connectivity index (χ2n) is 8.18. The van der Waals surface area contributed by atoms with Crippen LogP contribution in [0.3, 0.4) is 0 Å². The van der Waals surface area contributed by atoms with Crippen LogP contribution < -0.4 is 5.32 Å². The Morgan fingerprint density at radius 2 is 1.96 bits per heavy atom. The average molecular weight is 358 g/mol. The van der Waals surface area contributed by atoms with E-state index < -0.39 is 0 Å². The molecule has 140 valence electrons. The molecule has 1 N–H and O–H groups in total. The Morgan fingerprint density at radius 1 is 1.23 bits per heavy atom. The fourth-order valence-corrected chi connectivity index (χ4v) is 3.24. The van der Waals surface area contributed by atoms with Crippen molar-refractivity contribution < 1.29 is 19.1 Å². The first-order chi connectivity index (χ1) is 12.3. The molecule has 0 spiro atoms. The van der Waals surface area contributed by atoms with Gasteiger partial charge < -0.3 is 10.1 Å². The minimum absolute atomic E-state index is 0.0858. The van der Waals surface area contributed by atoms with Gasteiger partial charge in [-0.3, -0.25) is 19.3 Å². The monoisotopic (exact) mass is 358 g/mol. The fourth-order valence-electron chi connectivity index (χ4n) is 3.24. The number of hydrogen-bond donors (Lipinski definition) is 1. The maximum Gasteiger partial charge on any atom is 0.261 e. The van der Waals surface area contributed by atoms with Crippen molar-refractivity contribution in [1.29, 1.82) is 0 Å². The number of carbonyl (C=O) groups is 3. The van der Waals surface area contributed by atoms with Gasteiger partial charge in [-0.05, 0) is 42.9 Å². The molecule has 1 atom stereocenters. The second kappa shape index (κ2) is 7.19. The maximum atomic E-state index is 12.6. The number of imide groups is 1. The highest BCUT2D eigenvalue weighted by Gasteiger charge is 2.37. The van der Waals surface area contributed by atoms with E-state index in [4.69, 9.17) is 4.74 Å². The number of amides is 3. The highest BCUT2D eigenvalue weighted by molar-refractivity contribution is 6.22. The number of fused-ring (bicyclic) bond motifs is 1. The lowest BCUT2D eigenvalue weighted by atomic mass is 9.92. The largest absolute Gasteiger partial charge is 0.376 e. The van der Waals surface area contributed by atoms with E-state index in [1.807, 2.05) is 0 Å². The van der Waals surface area contributed by atoms with Crippen molar-refractivity contribution >= 4 is 17.7 Å². The summed E-state index contributed by atoms with van der Waals surface area (Å²) in [5.74, 6) is -0.875. The molecule has 2 aliphatic rings. The highest BCUT2D eigenvalue weighted by atomic mass is 16.5. The van der Waals surface area contributed by atoms with Gasteiger partial charge >= 0.3 is 0 Å². The predicted molar refractivity (Wildman–Crippen MR) is 97.2 cm³/mol. The third-order valence-corrected chi connectivity index (χ3v) is 4.80. The number of benzene rings is 1. The van der Waals surface area contributed by atoms with Gasteiger partial charge in [0, 0.05) is 18.7 Å². The number of hydrogen-bond acceptors (Lipinski definition) is 4. The van der Waals surface area contributed by atoms with Crippen LogP contribution in [-0.4, -0.2) is 48.4 Å². The molecule has 26 heavy (non-hydrogen) atoms. The molecule has 0 aliphatic carbocycles. The minimum Gasteiger partial charge on any atom is -0.376 e. The van der Waals surface area contributed by atoms with Crippen molar-refractivity contribution in [3.8, 4) is 0 Å². The van der Waals surface area contributed by atoms with Crippen molar-refractivity contribution in [3.63, 3.8) is 0 Å². The van der Waals surface area contributed by atoms with E-state index in [-0.39, 0.29) is 35.8 Å². The Kier molecular flexibility index (Phi) is 5.14. The van der Waals surface area contributed by atoms with E-state index in [2.05, 4.69) is 26.1 Å². The lowest BCUT2D eigenvalue weighted by Gasteiger charge is -2.18. The summed E-state index contributed by atoms with van der Waals surface area (Å²) in [5.41, 5.74) is 1.20. The van der Waals surface area contributed by atoms with Gasteiger partial charge in [0.1, 0.15) is 0 Å². The topological polar surface area (TPSA) is 75.7 Å². The molecule has 3 rings (SSSR count). The van der Waals surface area contributed by atoms with Gasteiger partial charge in [-0.15, -0.1) is 0 Å². The number of ether oxygens (including phenoxy) is 1. The summed E-state index contributed by atoms with van der Waals surface area (Å²) in [4.78, 5) is 38.7. The molecule has 0 radical (unpaired) electrons. The Morgan fingerprint density at radius 3 is 2.62 bits per heavy atom. The van der Waals surface area contributed by atoms with Crippen molar-refractivity contribution in [3.05, 3.63) is 34.9 Å². The molecule has 0 aromatic heterocycles. The molecule has 0 bridgehead atoms. The molecule has 1 saturated heterocycles. The van der Waals surface area contributed by atoms with Crippen LogP contribution in [0.4, 0.5) is 0 Å². The predicted octanol–water partition coefficient (Wildman–Crippen LogP) is 2.63.